The van der Waals surface area contributed by atoms with Gasteiger partial charge in [0.1, 0.15) is 5.75 Å². The Bertz CT molecular complexity index is 498. The molecule has 0 unspecified atom stereocenters. The molecule has 1 aliphatic carbocycles. The molecule has 0 amide bonds. The van der Waals surface area contributed by atoms with Crippen molar-refractivity contribution in [1.82, 2.24) is 0 Å². The average molecular weight is 215 g/mol. The van der Waals surface area contributed by atoms with Crippen molar-refractivity contribution in [2.45, 2.75) is 6.42 Å². The molecule has 0 radical (unpaired) electrons. The Morgan fingerprint density at radius 3 is 2.44 bits per heavy atom. The number of allylic oxidation sites excluding steroid dienone is 2. The molecule has 1 aliphatic rings. The Morgan fingerprint density at radius 1 is 1.06 bits per heavy atom. The maximum atomic E-state index is 11.4. The highest BCUT2D eigenvalue weighted by Gasteiger charge is 2.17. The Kier molecular flexibility index (Phi) is 2.64. The highest BCUT2D eigenvalue weighted by Crippen LogP contribution is 2.18. The van der Waals surface area contributed by atoms with Crippen LogP contribution in [0.15, 0.2) is 41.4 Å². The number of rotatable bonds is 1. The first kappa shape index (κ1) is 10.3. The van der Waals surface area contributed by atoms with Crippen molar-refractivity contribution < 1.29 is 14.7 Å². The monoisotopic (exact) mass is 215 g/mol. The Morgan fingerprint density at radius 2 is 1.75 bits per heavy atom. The number of carbonyl (C=O) groups is 2. The van der Waals surface area contributed by atoms with Crippen LogP contribution in [-0.2, 0) is 9.59 Å². The molecule has 0 bridgehead atoms. The highest BCUT2D eigenvalue weighted by molar-refractivity contribution is 6.49. The normalized spacial score (nSPS) is 18.1. The van der Waals surface area contributed by atoms with Crippen LogP contribution >= 0.6 is 0 Å². The van der Waals surface area contributed by atoms with E-state index in [1.54, 1.807) is 12.1 Å². The van der Waals surface area contributed by atoms with E-state index < -0.39 is 0 Å². The molecule has 4 heteroatoms. The number of phenols is 1. The third-order valence-electron chi connectivity index (χ3n) is 2.16. The van der Waals surface area contributed by atoms with Gasteiger partial charge in [0.25, 0.3) is 0 Å². The summed E-state index contributed by atoms with van der Waals surface area (Å²) >= 11 is 0. The van der Waals surface area contributed by atoms with Crippen LogP contribution in [0.3, 0.4) is 0 Å². The summed E-state index contributed by atoms with van der Waals surface area (Å²) in [5, 5.41) is 9.08. The molecule has 0 aliphatic heterocycles. The minimum atomic E-state index is -0.243. The Hall–Kier alpha value is -2.23. The fourth-order valence-electron chi connectivity index (χ4n) is 1.35. The van der Waals surface area contributed by atoms with Gasteiger partial charge in [-0.1, -0.05) is 0 Å². The summed E-state index contributed by atoms with van der Waals surface area (Å²) in [4.78, 5) is 26.6. The van der Waals surface area contributed by atoms with Crippen LogP contribution in [0, 0.1) is 0 Å². The topological polar surface area (TPSA) is 66.7 Å². The van der Waals surface area contributed by atoms with Crippen molar-refractivity contribution in [1.29, 1.82) is 0 Å². The van der Waals surface area contributed by atoms with Crippen molar-refractivity contribution in [3.8, 4) is 5.75 Å². The third kappa shape index (κ3) is 2.23. The van der Waals surface area contributed by atoms with E-state index >= 15 is 0 Å². The molecule has 80 valence electrons. The van der Waals surface area contributed by atoms with E-state index in [9.17, 15) is 9.59 Å². The first-order valence-electron chi connectivity index (χ1n) is 4.77. The molecule has 16 heavy (non-hydrogen) atoms. The van der Waals surface area contributed by atoms with Crippen LogP contribution in [0.4, 0.5) is 5.69 Å². The fraction of sp³-hybridized carbons (Fsp3) is 0.0833. The standard InChI is InChI=1S/C12H9NO3/c14-9-3-1-8(2-4-9)13-11-7-10(15)5-6-12(11)16/h1-6,14H,7H2. The minimum Gasteiger partial charge on any atom is -0.508 e. The average Bonchev–Trinajstić information content (AvgIpc) is 2.27. The second kappa shape index (κ2) is 4.10. The molecule has 0 saturated heterocycles. The van der Waals surface area contributed by atoms with Gasteiger partial charge in [0.05, 0.1) is 17.8 Å². The zero-order chi connectivity index (χ0) is 11.5. The summed E-state index contributed by atoms with van der Waals surface area (Å²) in [7, 11) is 0. The summed E-state index contributed by atoms with van der Waals surface area (Å²) < 4.78 is 0. The molecule has 1 aromatic rings. The van der Waals surface area contributed by atoms with Crippen molar-refractivity contribution in [2.75, 3.05) is 0 Å². The number of aliphatic imine (C=N–C) groups is 1. The molecule has 0 atom stereocenters. The highest BCUT2D eigenvalue weighted by atomic mass is 16.3. The predicted octanol–water partition coefficient (Wildman–Crippen LogP) is 1.56. The van der Waals surface area contributed by atoms with E-state index in [-0.39, 0.29) is 29.4 Å². The van der Waals surface area contributed by atoms with Gasteiger partial charge in [-0.25, -0.2) is 4.99 Å². The Labute approximate surface area is 91.9 Å². The lowest BCUT2D eigenvalue weighted by atomic mass is 10.0. The lowest BCUT2D eigenvalue weighted by Gasteiger charge is -2.05. The first-order chi connectivity index (χ1) is 7.65. The number of hydrogen-bond donors (Lipinski definition) is 1. The molecule has 0 aromatic heterocycles. The van der Waals surface area contributed by atoms with Gasteiger partial charge in [-0.2, -0.15) is 0 Å². The predicted molar refractivity (Wildman–Crippen MR) is 59.0 cm³/mol. The van der Waals surface area contributed by atoms with Crippen LogP contribution in [-0.4, -0.2) is 22.4 Å². The largest absolute Gasteiger partial charge is 0.508 e. The SMILES string of the molecule is O=C1C=CC(=O)C(=Nc2ccc(O)cc2)C1. The summed E-state index contributed by atoms with van der Waals surface area (Å²) in [5.41, 5.74) is 0.780. The third-order valence-corrected chi connectivity index (χ3v) is 2.16. The van der Waals surface area contributed by atoms with E-state index in [0.29, 0.717) is 5.69 Å². The summed E-state index contributed by atoms with van der Waals surface area (Å²) in [5.74, 6) is -0.236. The fourth-order valence-corrected chi connectivity index (χ4v) is 1.35. The number of carbonyl (C=O) groups excluding carboxylic acids is 2. The minimum absolute atomic E-state index is 0.0379. The lowest BCUT2D eigenvalue weighted by Crippen LogP contribution is -2.19. The van der Waals surface area contributed by atoms with Crippen LogP contribution < -0.4 is 0 Å². The van der Waals surface area contributed by atoms with Crippen LogP contribution in [0.1, 0.15) is 6.42 Å². The van der Waals surface area contributed by atoms with Crippen LogP contribution in [0.25, 0.3) is 0 Å². The van der Waals surface area contributed by atoms with Gasteiger partial charge in [0, 0.05) is 0 Å². The number of ketones is 2. The molecule has 0 heterocycles. The van der Waals surface area contributed by atoms with E-state index in [4.69, 9.17) is 5.11 Å². The molecule has 2 rings (SSSR count). The zero-order valence-electron chi connectivity index (χ0n) is 8.38. The molecule has 0 spiro atoms. The molecular weight excluding hydrogens is 206 g/mol. The molecule has 4 nitrogen and oxygen atoms in total. The molecule has 1 aromatic carbocycles. The van der Waals surface area contributed by atoms with Crippen LogP contribution in [0.5, 0.6) is 5.75 Å². The van der Waals surface area contributed by atoms with Crippen molar-refractivity contribution in [3.05, 3.63) is 36.4 Å². The van der Waals surface area contributed by atoms with Gasteiger partial charge in [0.15, 0.2) is 5.78 Å². The zero-order valence-corrected chi connectivity index (χ0v) is 8.38. The number of hydrogen-bond acceptors (Lipinski definition) is 4. The van der Waals surface area contributed by atoms with E-state index in [1.165, 1.54) is 24.3 Å². The van der Waals surface area contributed by atoms with Gasteiger partial charge in [0.2, 0.25) is 5.78 Å². The summed E-state index contributed by atoms with van der Waals surface area (Å²) in [6.45, 7) is 0. The smallest absolute Gasteiger partial charge is 0.200 e. The molecule has 1 N–H and O–H groups in total. The van der Waals surface area contributed by atoms with E-state index in [0.717, 1.165) is 0 Å². The number of nitrogens with zero attached hydrogens (tertiary/aromatic N) is 1. The van der Waals surface area contributed by atoms with Crippen LogP contribution in [0.2, 0.25) is 0 Å². The van der Waals surface area contributed by atoms with E-state index in [2.05, 4.69) is 4.99 Å². The molecule has 0 saturated carbocycles. The molecular formula is C12H9NO3. The number of aromatic hydroxyl groups is 1. The first-order valence-corrected chi connectivity index (χ1v) is 4.77. The summed E-state index contributed by atoms with van der Waals surface area (Å²) in [6.07, 6.45) is 2.53. The second-order valence-corrected chi connectivity index (χ2v) is 3.42. The summed E-state index contributed by atoms with van der Waals surface area (Å²) in [6, 6.07) is 6.12. The maximum absolute atomic E-state index is 11.4. The Balaban J connectivity index is 2.30. The quantitative estimate of drug-likeness (QED) is 0.773. The van der Waals surface area contributed by atoms with Crippen molar-refractivity contribution in [2.24, 2.45) is 4.99 Å². The lowest BCUT2D eigenvalue weighted by molar-refractivity contribution is -0.116. The molecule has 0 fully saturated rings. The van der Waals surface area contributed by atoms with E-state index in [1.807, 2.05) is 0 Å². The second-order valence-electron chi connectivity index (χ2n) is 3.42. The van der Waals surface area contributed by atoms with Crippen molar-refractivity contribution >= 4 is 23.0 Å². The van der Waals surface area contributed by atoms with Gasteiger partial charge in [-0.15, -0.1) is 0 Å². The van der Waals surface area contributed by atoms with Gasteiger partial charge in [-0.3, -0.25) is 9.59 Å². The van der Waals surface area contributed by atoms with Gasteiger partial charge in [-0.05, 0) is 36.4 Å². The maximum Gasteiger partial charge on any atom is 0.200 e. The van der Waals surface area contributed by atoms with Gasteiger partial charge >= 0.3 is 0 Å². The van der Waals surface area contributed by atoms with Gasteiger partial charge < -0.3 is 5.11 Å². The van der Waals surface area contributed by atoms with Crippen molar-refractivity contribution in [3.63, 3.8) is 0 Å². The number of benzene rings is 1. The number of phenolic OH excluding ortho intramolecular Hbond substituents is 1.